The molecule has 2 nitrogen and oxygen atoms in total. The van der Waals surface area contributed by atoms with Crippen molar-refractivity contribution in [2.24, 2.45) is 0 Å². The topological polar surface area (TPSA) is 26.3 Å². The standard InChI is InChI=1S/C51H46O2S3/c1-51(2,3)37-21-23-38(24-22-37)54-29-28-53-33-49(54)36-19-26-43-48(32-36)56(40-14-8-5-9-15-40)46-27-20-34(30-44(46)50(43)52)35-18-25-42-41-16-10-11-17-45(41)55(47(42)31-35)39-12-6-4-7-13-39/h4-27,30-32,49,54-56H,28-29,33H2,1-3H3. The molecule has 0 bridgehead atoms. The van der Waals surface area contributed by atoms with E-state index in [1.807, 2.05) is 0 Å². The molecular weight excluding hydrogens is 741 g/mol. The molecule has 0 spiro atoms. The first-order valence-corrected chi connectivity index (χ1v) is 23.8. The Hall–Kier alpha value is -4.78. The van der Waals surface area contributed by atoms with Crippen LogP contribution in [-0.2, 0) is 10.2 Å². The predicted octanol–water partition coefficient (Wildman–Crippen LogP) is 13.3. The van der Waals surface area contributed by atoms with Crippen LogP contribution in [-0.4, -0.2) is 24.7 Å². The highest BCUT2D eigenvalue weighted by molar-refractivity contribution is 8.18. The Balaban J connectivity index is 1.04. The Bertz CT molecular complexity index is 2610. The van der Waals surface area contributed by atoms with Crippen LogP contribution in [0.5, 0.6) is 0 Å². The normalized spacial score (nSPS) is 21.7. The Kier molecular flexibility index (Phi) is 9.10. The fourth-order valence-corrected chi connectivity index (χ4v) is 16.6. The van der Waals surface area contributed by atoms with Gasteiger partial charge in [-0.25, -0.2) is 10.9 Å². The molecule has 56 heavy (non-hydrogen) atoms. The molecule has 0 amide bonds. The van der Waals surface area contributed by atoms with Crippen LogP contribution < -0.4 is 0 Å². The van der Waals surface area contributed by atoms with Crippen molar-refractivity contribution in [1.82, 2.24) is 0 Å². The van der Waals surface area contributed by atoms with Gasteiger partial charge >= 0.3 is 0 Å². The average Bonchev–Trinajstić information content (AvgIpc) is 3.57. The van der Waals surface area contributed by atoms with E-state index in [1.165, 1.54) is 51.6 Å². The van der Waals surface area contributed by atoms with Gasteiger partial charge in [0.15, 0.2) is 5.78 Å². The second-order valence-corrected chi connectivity index (χ2v) is 22.8. The van der Waals surface area contributed by atoms with Crippen LogP contribution in [0.2, 0.25) is 0 Å². The van der Waals surface area contributed by atoms with Crippen LogP contribution >= 0.6 is 32.7 Å². The van der Waals surface area contributed by atoms with E-state index in [9.17, 15) is 4.79 Å². The van der Waals surface area contributed by atoms with Gasteiger partial charge in [-0.3, -0.25) is 4.79 Å². The highest BCUT2D eigenvalue weighted by Crippen LogP contribution is 2.63. The number of carbonyl (C=O) groups excluding carboxylic acids is 1. The number of benzene rings is 7. The van der Waals surface area contributed by atoms with Gasteiger partial charge in [0.05, 0.1) is 13.2 Å². The molecule has 4 atom stereocenters. The number of hydrogen-bond donors (Lipinski definition) is 3. The second-order valence-electron chi connectivity index (χ2n) is 16.0. The summed E-state index contributed by atoms with van der Waals surface area (Å²) in [6, 6.07) is 60.4. The quantitative estimate of drug-likeness (QED) is 0.152. The van der Waals surface area contributed by atoms with Gasteiger partial charge in [-0.2, -0.15) is 21.8 Å². The fraction of sp³-hybridized carbons (Fsp3) is 0.157. The molecule has 10 rings (SSSR count). The molecule has 3 aliphatic rings. The van der Waals surface area contributed by atoms with Crippen molar-refractivity contribution in [1.29, 1.82) is 0 Å². The highest BCUT2D eigenvalue weighted by Gasteiger charge is 2.34. The van der Waals surface area contributed by atoms with E-state index >= 15 is 0 Å². The molecule has 3 heterocycles. The van der Waals surface area contributed by atoms with E-state index in [1.54, 1.807) is 0 Å². The Morgan fingerprint density at radius 2 is 1.11 bits per heavy atom. The van der Waals surface area contributed by atoms with Crippen molar-refractivity contribution in [3.05, 3.63) is 186 Å². The summed E-state index contributed by atoms with van der Waals surface area (Å²) in [7, 11) is -2.10. The third-order valence-electron chi connectivity index (χ3n) is 11.6. The fourth-order valence-electron chi connectivity index (χ4n) is 8.70. The molecule has 7 aromatic rings. The van der Waals surface area contributed by atoms with E-state index in [0.29, 0.717) is 6.61 Å². The zero-order valence-corrected chi connectivity index (χ0v) is 34.6. The summed E-state index contributed by atoms with van der Waals surface area (Å²) in [5.41, 5.74) is 9.33. The molecular formula is C51H46O2S3. The van der Waals surface area contributed by atoms with E-state index in [0.717, 1.165) is 39.5 Å². The maximum absolute atomic E-state index is 14.7. The lowest BCUT2D eigenvalue weighted by atomic mass is 9.87. The Morgan fingerprint density at radius 1 is 0.518 bits per heavy atom. The third kappa shape index (κ3) is 6.17. The number of ketones is 1. The molecule has 1 saturated heterocycles. The van der Waals surface area contributed by atoms with Gasteiger partial charge in [-0.15, -0.1) is 0 Å². The van der Waals surface area contributed by atoms with Crippen LogP contribution in [0.25, 0.3) is 22.3 Å². The molecule has 0 radical (unpaired) electrons. The summed E-state index contributed by atoms with van der Waals surface area (Å²) in [4.78, 5) is 23.9. The van der Waals surface area contributed by atoms with Crippen molar-refractivity contribution in [2.75, 3.05) is 19.0 Å². The molecule has 3 aliphatic heterocycles. The minimum atomic E-state index is -0.954. The van der Waals surface area contributed by atoms with Crippen LogP contribution in [0.4, 0.5) is 0 Å². The van der Waals surface area contributed by atoms with Crippen molar-refractivity contribution in [2.45, 2.75) is 65.7 Å². The van der Waals surface area contributed by atoms with E-state index in [-0.39, 0.29) is 16.4 Å². The molecule has 4 unspecified atom stereocenters. The number of hydrogen-bond acceptors (Lipinski definition) is 2. The maximum Gasteiger partial charge on any atom is 0.195 e. The number of fused-ring (bicyclic) bond motifs is 5. The monoisotopic (exact) mass is 786 g/mol. The third-order valence-corrected chi connectivity index (χ3v) is 19.5. The molecule has 5 heteroatoms. The number of carbonyl (C=O) groups is 1. The van der Waals surface area contributed by atoms with Gasteiger partial charge in [-0.1, -0.05) is 112 Å². The zero-order chi connectivity index (χ0) is 38.0. The van der Waals surface area contributed by atoms with Gasteiger partial charge in [0, 0.05) is 41.7 Å². The van der Waals surface area contributed by atoms with E-state index in [2.05, 4.69) is 185 Å². The number of rotatable bonds is 5. The Morgan fingerprint density at radius 3 is 1.82 bits per heavy atom. The van der Waals surface area contributed by atoms with Crippen LogP contribution in [0.15, 0.2) is 198 Å². The first-order chi connectivity index (χ1) is 27.3. The largest absolute Gasteiger partial charge is 0.379 e. The first-order valence-electron chi connectivity index (χ1n) is 19.6. The minimum Gasteiger partial charge on any atom is -0.379 e. The van der Waals surface area contributed by atoms with E-state index in [4.69, 9.17) is 4.74 Å². The zero-order valence-electron chi connectivity index (χ0n) is 31.9. The van der Waals surface area contributed by atoms with Gasteiger partial charge in [0.1, 0.15) is 0 Å². The summed E-state index contributed by atoms with van der Waals surface area (Å²) in [5.74, 6) is 1.17. The highest BCUT2D eigenvalue weighted by atomic mass is 32.2. The van der Waals surface area contributed by atoms with Crippen molar-refractivity contribution in [3.8, 4) is 22.3 Å². The van der Waals surface area contributed by atoms with Gasteiger partial charge in [-0.05, 0) is 126 Å². The molecule has 0 saturated carbocycles. The van der Waals surface area contributed by atoms with Gasteiger partial charge in [0.2, 0.25) is 0 Å². The summed E-state index contributed by atoms with van der Waals surface area (Å²) in [6.07, 6.45) is 0. The van der Waals surface area contributed by atoms with E-state index < -0.39 is 32.7 Å². The number of ether oxygens (including phenoxy) is 1. The predicted molar refractivity (Wildman–Crippen MR) is 238 cm³/mol. The Labute approximate surface area is 339 Å². The SMILES string of the molecule is CC(C)(C)c1ccc([SH]2CCOCC2c2ccc3c(c2)[SH](c2ccccc2)c2ccc(-c4ccc5c(c4)[SH](c4ccccc4)c4ccccc4-5)cc2C3=O)cc1. The van der Waals surface area contributed by atoms with Crippen LogP contribution in [0.1, 0.15) is 53.1 Å². The maximum atomic E-state index is 14.7. The van der Waals surface area contributed by atoms with Crippen molar-refractivity contribution in [3.63, 3.8) is 0 Å². The average molecular weight is 787 g/mol. The van der Waals surface area contributed by atoms with Crippen molar-refractivity contribution < 1.29 is 9.53 Å². The molecule has 0 aromatic heterocycles. The molecule has 0 N–H and O–H groups in total. The lowest BCUT2D eigenvalue weighted by Crippen LogP contribution is -2.21. The molecule has 280 valence electrons. The van der Waals surface area contributed by atoms with Crippen LogP contribution in [0, 0.1) is 0 Å². The lowest BCUT2D eigenvalue weighted by molar-refractivity contribution is 0.103. The van der Waals surface area contributed by atoms with Gasteiger partial charge in [0.25, 0.3) is 0 Å². The smallest absolute Gasteiger partial charge is 0.195 e. The minimum absolute atomic E-state index is 0.122. The molecule has 1 fully saturated rings. The summed E-state index contributed by atoms with van der Waals surface area (Å²) in [6.45, 7) is 8.33. The van der Waals surface area contributed by atoms with Crippen molar-refractivity contribution >= 4 is 38.5 Å². The first kappa shape index (κ1) is 35.6. The number of thiol groups is 3. The molecule has 0 aliphatic carbocycles. The van der Waals surface area contributed by atoms with Crippen LogP contribution in [0.3, 0.4) is 0 Å². The summed E-state index contributed by atoms with van der Waals surface area (Å²) in [5, 5.41) is 0.281. The molecule has 7 aromatic carbocycles. The summed E-state index contributed by atoms with van der Waals surface area (Å²) < 4.78 is 6.19. The summed E-state index contributed by atoms with van der Waals surface area (Å²) >= 11 is 0. The van der Waals surface area contributed by atoms with Gasteiger partial charge < -0.3 is 4.74 Å². The lowest BCUT2D eigenvalue weighted by Gasteiger charge is -2.38. The second kappa shape index (κ2) is 14.3.